The molecule has 42 heavy (non-hydrogen) atoms. The van der Waals surface area contributed by atoms with E-state index < -0.39 is 28.5 Å². The van der Waals surface area contributed by atoms with Crippen molar-refractivity contribution in [3.63, 3.8) is 0 Å². The number of likely N-dealkylation sites (N-methyl/N-ethyl adjacent to an activating group) is 1. The number of rotatable bonds is 11. The van der Waals surface area contributed by atoms with Crippen LogP contribution in [0.2, 0.25) is 10.0 Å². The summed E-state index contributed by atoms with van der Waals surface area (Å²) in [5, 5.41) is 3.31. The Kier molecular flexibility index (Phi) is 10.9. The molecule has 0 radical (unpaired) electrons. The van der Waals surface area contributed by atoms with Gasteiger partial charge < -0.3 is 10.2 Å². The minimum absolute atomic E-state index is 0.00739. The normalized spacial score (nSPS) is 11.9. The largest absolute Gasteiger partial charge is 0.357 e. The zero-order valence-electron chi connectivity index (χ0n) is 22.6. The lowest BCUT2D eigenvalue weighted by Gasteiger charge is -2.33. The SMILES string of the molecule is CNC(=O)[C@H](Cc1ccccc1)N(Cc1ccc(Cl)c(Cl)c1)C(=O)CN(c1ccc(I)cc1)S(=O)(=O)c1ccccc1. The Labute approximate surface area is 269 Å². The first kappa shape index (κ1) is 31.8. The Morgan fingerprint density at radius 2 is 1.45 bits per heavy atom. The van der Waals surface area contributed by atoms with Crippen molar-refractivity contribution in [2.75, 3.05) is 17.9 Å². The van der Waals surface area contributed by atoms with Crippen molar-refractivity contribution in [3.8, 4) is 0 Å². The lowest BCUT2D eigenvalue weighted by atomic mass is 10.0. The monoisotopic (exact) mass is 735 g/mol. The minimum Gasteiger partial charge on any atom is -0.357 e. The summed E-state index contributed by atoms with van der Waals surface area (Å²) >= 11 is 14.5. The summed E-state index contributed by atoms with van der Waals surface area (Å²) in [6, 6.07) is 28.1. The maximum atomic E-state index is 14.3. The number of benzene rings is 4. The van der Waals surface area contributed by atoms with Crippen LogP contribution in [0.5, 0.6) is 0 Å². The van der Waals surface area contributed by atoms with Gasteiger partial charge in [-0.05, 0) is 82.2 Å². The molecule has 2 amide bonds. The van der Waals surface area contributed by atoms with E-state index in [2.05, 4.69) is 27.9 Å². The maximum absolute atomic E-state index is 14.3. The molecule has 7 nitrogen and oxygen atoms in total. The molecule has 11 heteroatoms. The number of nitrogens with zero attached hydrogens (tertiary/aromatic N) is 2. The number of carbonyl (C=O) groups excluding carboxylic acids is 2. The van der Waals surface area contributed by atoms with Gasteiger partial charge in [0.1, 0.15) is 12.6 Å². The molecule has 0 aliphatic rings. The Balaban J connectivity index is 1.79. The van der Waals surface area contributed by atoms with Crippen molar-refractivity contribution in [1.82, 2.24) is 10.2 Å². The number of nitrogens with one attached hydrogen (secondary N) is 1. The number of hydrogen-bond donors (Lipinski definition) is 1. The molecule has 4 aromatic carbocycles. The molecule has 0 bridgehead atoms. The predicted octanol–water partition coefficient (Wildman–Crippen LogP) is 6.18. The first-order valence-corrected chi connectivity index (χ1v) is 16.2. The van der Waals surface area contributed by atoms with E-state index in [1.807, 2.05) is 30.3 Å². The molecule has 0 saturated carbocycles. The fraction of sp³-hybridized carbons (Fsp3) is 0.161. The summed E-state index contributed by atoms with van der Waals surface area (Å²) in [5.74, 6) is -0.956. The molecule has 4 rings (SSSR count). The highest BCUT2D eigenvalue weighted by Gasteiger charge is 2.34. The number of anilines is 1. The Morgan fingerprint density at radius 3 is 2.05 bits per heavy atom. The number of sulfonamides is 1. The van der Waals surface area contributed by atoms with E-state index in [0.29, 0.717) is 21.3 Å². The molecule has 0 spiro atoms. The highest BCUT2D eigenvalue weighted by molar-refractivity contribution is 14.1. The van der Waals surface area contributed by atoms with Gasteiger partial charge in [-0.15, -0.1) is 0 Å². The summed E-state index contributed by atoms with van der Waals surface area (Å²) in [4.78, 5) is 29.0. The minimum atomic E-state index is -4.15. The second-order valence-electron chi connectivity index (χ2n) is 9.39. The molecule has 1 atom stereocenters. The lowest BCUT2D eigenvalue weighted by Crippen LogP contribution is -2.53. The molecular formula is C31H28Cl2IN3O4S. The van der Waals surface area contributed by atoms with Crippen molar-refractivity contribution in [2.24, 2.45) is 0 Å². The highest BCUT2D eigenvalue weighted by Crippen LogP contribution is 2.27. The highest BCUT2D eigenvalue weighted by atomic mass is 127. The zero-order chi connectivity index (χ0) is 30.3. The maximum Gasteiger partial charge on any atom is 0.264 e. The average Bonchev–Trinajstić information content (AvgIpc) is 3.00. The van der Waals surface area contributed by atoms with Crippen molar-refractivity contribution >= 4 is 73.3 Å². The quantitative estimate of drug-likeness (QED) is 0.187. The van der Waals surface area contributed by atoms with E-state index in [-0.39, 0.29) is 23.8 Å². The molecule has 4 aromatic rings. The van der Waals surface area contributed by atoms with Crippen molar-refractivity contribution in [1.29, 1.82) is 0 Å². The molecule has 0 saturated heterocycles. The number of amides is 2. The molecular weight excluding hydrogens is 708 g/mol. The fourth-order valence-corrected chi connectivity index (χ4v) is 6.53. The number of carbonyl (C=O) groups is 2. The summed E-state index contributed by atoms with van der Waals surface area (Å²) in [5.41, 5.74) is 1.79. The van der Waals surface area contributed by atoms with Gasteiger partial charge in [-0.2, -0.15) is 0 Å². The third-order valence-electron chi connectivity index (χ3n) is 6.58. The molecule has 0 aliphatic heterocycles. The van der Waals surface area contributed by atoms with Gasteiger partial charge in [0, 0.05) is 23.6 Å². The van der Waals surface area contributed by atoms with Gasteiger partial charge in [0.25, 0.3) is 10.0 Å². The van der Waals surface area contributed by atoms with Gasteiger partial charge in [-0.3, -0.25) is 13.9 Å². The van der Waals surface area contributed by atoms with Crippen LogP contribution in [0.1, 0.15) is 11.1 Å². The topological polar surface area (TPSA) is 86.8 Å². The number of hydrogen-bond acceptors (Lipinski definition) is 4. The van der Waals surface area contributed by atoms with Crippen LogP contribution < -0.4 is 9.62 Å². The van der Waals surface area contributed by atoms with E-state index in [4.69, 9.17) is 23.2 Å². The molecule has 0 fully saturated rings. The molecule has 1 N–H and O–H groups in total. The standard InChI is InChI=1S/C31H28Cl2IN3O4S/c1-35-31(39)29(19-22-8-4-2-5-9-22)36(20-23-12-17-27(32)28(33)18-23)30(38)21-37(25-15-13-24(34)14-16-25)42(40,41)26-10-6-3-7-11-26/h2-18,29H,19-21H2,1H3,(H,35,39)/t29-/m0/s1. The zero-order valence-corrected chi connectivity index (χ0v) is 27.1. The van der Waals surface area contributed by atoms with Crippen LogP contribution in [0.25, 0.3) is 0 Å². The van der Waals surface area contributed by atoms with Gasteiger partial charge in [-0.1, -0.05) is 77.8 Å². The van der Waals surface area contributed by atoms with Gasteiger partial charge >= 0.3 is 0 Å². The smallest absolute Gasteiger partial charge is 0.264 e. The van der Waals surface area contributed by atoms with Crippen LogP contribution in [0.4, 0.5) is 5.69 Å². The molecule has 0 aromatic heterocycles. The van der Waals surface area contributed by atoms with Crippen LogP contribution in [0.15, 0.2) is 108 Å². The molecule has 0 unspecified atom stereocenters. The van der Waals surface area contributed by atoms with Crippen molar-refractivity contribution in [3.05, 3.63) is 128 Å². The summed E-state index contributed by atoms with van der Waals surface area (Å²) in [7, 11) is -2.65. The second-order valence-corrected chi connectivity index (χ2v) is 13.3. The van der Waals surface area contributed by atoms with E-state index in [0.717, 1.165) is 13.4 Å². The van der Waals surface area contributed by atoms with Gasteiger partial charge in [0.2, 0.25) is 11.8 Å². The van der Waals surface area contributed by atoms with E-state index in [9.17, 15) is 18.0 Å². The van der Waals surface area contributed by atoms with E-state index in [1.54, 1.807) is 60.7 Å². The average molecular weight is 736 g/mol. The van der Waals surface area contributed by atoms with E-state index >= 15 is 0 Å². The van der Waals surface area contributed by atoms with Gasteiger partial charge in [-0.25, -0.2) is 8.42 Å². The molecule has 0 heterocycles. The second kappa shape index (κ2) is 14.4. The first-order valence-electron chi connectivity index (χ1n) is 12.9. The summed E-state index contributed by atoms with van der Waals surface area (Å²) in [6.07, 6.45) is 0.211. The van der Waals surface area contributed by atoms with Crippen molar-refractivity contribution < 1.29 is 18.0 Å². The lowest BCUT2D eigenvalue weighted by molar-refractivity contribution is -0.139. The van der Waals surface area contributed by atoms with Crippen LogP contribution in [0, 0.1) is 3.57 Å². The first-order chi connectivity index (χ1) is 20.1. The van der Waals surface area contributed by atoms with Gasteiger partial charge in [0.05, 0.1) is 20.6 Å². The number of halogens is 3. The third-order valence-corrected chi connectivity index (χ3v) is 9.83. The third kappa shape index (κ3) is 7.83. The molecule has 0 aliphatic carbocycles. The summed E-state index contributed by atoms with van der Waals surface area (Å²) < 4.78 is 29.8. The Bertz CT molecular complexity index is 1640. The van der Waals surface area contributed by atoms with Crippen LogP contribution in [-0.2, 0) is 32.6 Å². The fourth-order valence-electron chi connectivity index (χ4n) is 4.41. The predicted molar refractivity (Wildman–Crippen MR) is 175 cm³/mol. The molecule has 218 valence electrons. The Hall–Kier alpha value is -3.12. The van der Waals surface area contributed by atoms with Gasteiger partial charge in [0.15, 0.2) is 0 Å². The van der Waals surface area contributed by atoms with Crippen LogP contribution in [0.3, 0.4) is 0 Å². The van der Waals surface area contributed by atoms with Crippen LogP contribution in [-0.4, -0.2) is 44.8 Å². The van der Waals surface area contributed by atoms with Crippen molar-refractivity contribution in [2.45, 2.75) is 23.9 Å². The van der Waals surface area contributed by atoms with Crippen LogP contribution >= 0.6 is 45.8 Å². The Morgan fingerprint density at radius 1 is 0.833 bits per heavy atom. The summed E-state index contributed by atoms with van der Waals surface area (Å²) in [6.45, 7) is -0.548. The van der Waals surface area contributed by atoms with E-state index in [1.165, 1.54) is 24.1 Å².